The second-order valence-corrected chi connectivity index (χ2v) is 6.60. The summed E-state index contributed by atoms with van der Waals surface area (Å²) in [6, 6.07) is 5.09. The lowest BCUT2D eigenvalue weighted by atomic mass is 9.93. The Balaban J connectivity index is 1.67. The summed E-state index contributed by atoms with van der Waals surface area (Å²) in [6.07, 6.45) is 5.85. The number of carbonyl (C=O) groups is 2. The van der Waals surface area contributed by atoms with Crippen molar-refractivity contribution < 1.29 is 14.7 Å². The van der Waals surface area contributed by atoms with E-state index in [0.29, 0.717) is 24.7 Å². The van der Waals surface area contributed by atoms with E-state index in [9.17, 15) is 14.7 Å². The van der Waals surface area contributed by atoms with Crippen molar-refractivity contribution in [1.29, 1.82) is 0 Å². The first-order valence-corrected chi connectivity index (χ1v) is 8.44. The Bertz CT molecular complexity index is 608. The number of benzene rings is 1. The lowest BCUT2D eigenvalue weighted by Crippen LogP contribution is -2.55. The van der Waals surface area contributed by atoms with Gasteiger partial charge in [0.15, 0.2) is 0 Å². The molecule has 5 nitrogen and oxygen atoms in total. The van der Waals surface area contributed by atoms with Crippen molar-refractivity contribution in [1.82, 2.24) is 9.80 Å². The van der Waals surface area contributed by atoms with Gasteiger partial charge in [-0.1, -0.05) is 19.3 Å². The van der Waals surface area contributed by atoms with Gasteiger partial charge in [-0.25, -0.2) is 0 Å². The van der Waals surface area contributed by atoms with Crippen LogP contribution in [0.15, 0.2) is 18.2 Å². The first-order valence-electron chi connectivity index (χ1n) is 8.44. The third kappa shape index (κ3) is 3.33. The maximum atomic E-state index is 12.6. The molecule has 0 radical (unpaired) electrons. The summed E-state index contributed by atoms with van der Waals surface area (Å²) in [4.78, 5) is 28.7. The van der Waals surface area contributed by atoms with Gasteiger partial charge in [-0.15, -0.1) is 0 Å². The number of hydrogen-bond donors (Lipinski definition) is 1. The molecule has 0 unspecified atom stereocenters. The maximum Gasteiger partial charge on any atom is 0.254 e. The lowest BCUT2D eigenvalue weighted by Gasteiger charge is -2.40. The molecule has 1 aromatic rings. The van der Waals surface area contributed by atoms with Crippen LogP contribution in [0.1, 0.15) is 48.0 Å². The fourth-order valence-corrected chi connectivity index (χ4v) is 3.70. The number of aromatic hydroxyl groups is 1. The molecule has 2 fully saturated rings. The number of phenols is 1. The molecule has 23 heavy (non-hydrogen) atoms. The number of amides is 2. The summed E-state index contributed by atoms with van der Waals surface area (Å²) in [5, 5.41) is 9.46. The third-order valence-electron chi connectivity index (χ3n) is 5.00. The summed E-state index contributed by atoms with van der Waals surface area (Å²) in [7, 11) is 0. The van der Waals surface area contributed by atoms with Crippen molar-refractivity contribution in [3.63, 3.8) is 0 Å². The molecule has 0 spiro atoms. The Morgan fingerprint density at radius 3 is 2.57 bits per heavy atom. The second-order valence-electron chi connectivity index (χ2n) is 6.60. The van der Waals surface area contributed by atoms with Crippen LogP contribution in [-0.2, 0) is 4.79 Å². The fourth-order valence-electron chi connectivity index (χ4n) is 3.70. The van der Waals surface area contributed by atoms with Gasteiger partial charge in [0.2, 0.25) is 5.91 Å². The number of rotatable bonds is 2. The van der Waals surface area contributed by atoms with Crippen molar-refractivity contribution in [2.24, 2.45) is 0 Å². The molecule has 0 bridgehead atoms. The minimum Gasteiger partial charge on any atom is -0.508 e. The van der Waals surface area contributed by atoms with Crippen molar-refractivity contribution in [3.05, 3.63) is 29.3 Å². The van der Waals surface area contributed by atoms with Crippen molar-refractivity contribution >= 4 is 11.8 Å². The van der Waals surface area contributed by atoms with E-state index < -0.39 is 0 Å². The molecule has 1 aliphatic heterocycles. The molecular weight excluding hydrogens is 292 g/mol. The van der Waals surface area contributed by atoms with Crippen LogP contribution in [0.4, 0.5) is 0 Å². The zero-order chi connectivity index (χ0) is 16.4. The van der Waals surface area contributed by atoms with Gasteiger partial charge in [-0.3, -0.25) is 9.59 Å². The van der Waals surface area contributed by atoms with Gasteiger partial charge in [0, 0.05) is 24.7 Å². The number of nitrogens with zero attached hydrogens (tertiary/aromatic N) is 2. The summed E-state index contributed by atoms with van der Waals surface area (Å²) >= 11 is 0. The highest BCUT2D eigenvalue weighted by molar-refractivity contribution is 5.98. The predicted molar refractivity (Wildman–Crippen MR) is 87.3 cm³/mol. The van der Waals surface area contributed by atoms with Crippen molar-refractivity contribution in [2.45, 2.75) is 45.1 Å². The van der Waals surface area contributed by atoms with E-state index in [-0.39, 0.29) is 24.1 Å². The molecule has 5 heteroatoms. The minimum atomic E-state index is -0.126. The molecule has 0 aromatic heterocycles. The lowest BCUT2D eigenvalue weighted by molar-refractivity contribution is -0.138. The van der Waals surface area contributed by atoms with Crippen LogP contribution in [0.5, 0.6) is 5.75 Å². The quantitative estimate of drug-likeness (QED) is 0.911. The molecule has 2 amide bonds. The molecule has 1 aliphatic carbocycles. The Kier molecular flexibility index (Phi) is 4.55. The van der Waals surface area contributed by atoms with E-state index in [1.54, 1.807) is 24.0 Å². The molecule has 3 rings (SSSR count). The summed E-state index contributed by atoms with van der Waals surface area (Å²) < 4.78 is 0. The Hall–Kier alpha value is -2.04. The monoisotopic (exact) mass is 316 g/mol. The van der Waals surface area contributed by atoms with E-state index >= 15 is 0 Å². The zero-order valence-corrected chi connectivity index (χ0v) is 13.6. The second kappa shape index (κ2) is 6.60. The van der Waals surface area contributed by atoms with Crippen molar-refractivity contribution in [2.75, 3.05) is 19.6 Å². The Morgan fingerprint density at radius 1 is 1.17 bits per heavy atom. The average molecular weight is 316 g/mol. The van der Waals surface area contributed by atoms with Crippen LogP contribution in [0.2, 0.25) is 0 Å². The van der Waals surface area contributed by atoms with Gasteiger partial charge in [0.25, 0.3) is 5.91 Å². The van der Waals surface area contributed by atoms with Gasteiger partial charge in [-0.05, 0) is 43.5 Å². The fraction of sp³-hybridized carbons (Fsp3) is 0.556. The van der Waals surface area contributed by atoms with Crippen LogP contribution in [0.3, 0.4) is 0 Å². The number of piperazine rings is 1. The average Bonchev–Trinajstić information content (AvgIpc) is 2.55. The van der Waals surface area contributed by atoms with E-state index in [0.717, 1.165) is 18.4 Å². The molecule has 124 valence electrons. The Labute approximate surface area is 136 Å². The van der Waals surface area contributed by atoms with E-state index in [4.69, 9.17) is 0 Å². The zero-order valence-electron chi connectivity index (χ0n) is 13.6. The first-order chi connectivity index (χ1) is 11.1. The topological polar surface area (TPSA) is 60.9 Å². The van der Waals surface area contributed by atoms with Crippen LogP contribution in [-0.4, -0.2) is 52.4 Å². The van der Waals surface area contributed by atoms with E-state index in [1.165, 1.54) is 25.3 Å². The minimum absolute atomic E-state index is 0.0629. The summed E-state index contributed by atoms with van der Waals surface area (Å²) in [5.41, 5.74) is 1.29. The normalized spacial score (nSPS) is 20.0. The number of hydrogen-bond acceptors (Lipinski definition) is 3. The van der Waals surface area contributed by atoms with Gasteiger partial charge in [0.05, 0.1) is 0 Å². The molecule has 1 aromatic carbocycles. The molecular formula is C18H24N2O3. The van der Waals surface area contributed by atoms with E-state index in [1.807, 2.05) is 4.90 Å². The SMILES string of the molecule is Cc1cc(O)ccc1C(=O)N1CCN(C2CCCCC2)C(=O)C1. The molecule has 1 saturated carbocycles. The van der Waals surface area contributed by atoms with Gasteiger partial charge in [0.1, 0.15) is 12.3 Å². The predicted octanol–water partition coefficient (Wildman–Crippen LogP) is 2.32. The number of aryl methyl sites for hydroxylation is 1. The summed E-state index contributed by atoms with van der Waals surface area (Å²) in [6.45, 7) is 3.18. The molecule has 1 heterocycles. The first kappa shape index (κ1) is 15.8. The molecule has 2 aliphatic rings. The molecule has 0 atom stereocenters. The van der Waals surface area contributed by atoms with Gasteiger partial charge >= 0.3 is 0 Å². The number of phenolic OH excluding ortho intramolecular Hbond substituents is 1. The van der Waals surface area contributed by atoms with Crippen LogP contribution >= 0.6 is 0 Å². The van der Waals surface area contributed by atoms with E-state index in [2.05, 4.69) is 0 Å². The van der Waals surface area contributed by atoms with Gasteiger partial charge < -0.3 is 14.9 Å². The smallest absolute Gasteiger partial charge is 0.254 e. The molecule has 1 N–H and O–H groups in total. The Morgan fingerprint density at radius 2 is 1.91 bits per heavy atom. The van der Waals surface area contributed by atoms with Crippen molar-refractivity contribution in [3.8, 4) is 5.75 Å². The summed E-state index contributed by atoms with van der Waals surface area (Å²) in [5.74, 6) is 0.0873. The van der Waals surface area contributed by atoms with Crippen LogP contribution in [0, 0.1) is 6.92 Å². The maximum absolute atomic E-state index is 12.6. The standard InChI is InChI=1S/C18H24N2O3/c1-13-11-15(21)7-8-16(13)18(23)19-9-10-20(17(22)12-19)14-5-3-2-4-6-14/h7-8,11,14,21H,2-6,9-10,12H2,1H3. The van der Waals surface area contributed by atoms with Crippen LogP contribution in [0.25, 0.3) is 0 Å². The highest BCUT2D eigenvalue weighted by Crippen LogP contribution is 2.25. The van der Waals surface area contributed by atoms with Gasteiger partial charge in [-0.2, -0.15) is 0 Å². The van der Waals surface area contributed by atoms with Crippen LogP contribution < -0.4 is 0 Å². The molecule has 1 saturated heterocycles. The number of carbonyl (C=O) groups excluding carboxylic acids is 2. The third-order valence-corrected chi connectivity index (χ3v) is 5.00. The highest BCUT2D eigenvalue weighted by Gasteiger charge is 2.32. The highest BCUT2D eigenvalue weighted by atomic mass is 16.3. The largest absolute Gasteiger partial charge is 0.508 e.